The van der Waals surface area contributed by atoms with E-state index < -0.39 is 0 Å². The smallest absolute Gasteiger partial charge is 0.240 e. The van der Waals surface area contributed by atoms with Crippen molar-refractivity contribution in [2.45, 2.75) is 26.3 Å². The van der Waals surface area contributed by atoms with E-state index in [1.807, 2.05) is 13.0 Å². The summed E-state index contributed by atoms with van der Waals surface area (Å²) in [6, 6.07) is 8.33. The first-order chi connectivity index (χ1) is 10.2. The zero-order valence-corrected chi connectivity index (χ0v) is 12.6. The van der Waals surface area contributed by atoms with Gasteiger partial charge in [-0.15, -0.1) is 0 Å². The highest BCUT2D eigenvalue weighted by Crippen LogP contribution is 2.27. The van der Waals surface area contributed by atoms with Gasteiger partial charge in [-0.2, -0.15) is 4.98 Å². The molecule has 1 aromatic heterocycles. The number of benzene rings is 1. The Labute approximate surface area is 124 Å². The molecule has 2 aromatic rings. The molecule has 3 rings (SSSR count). The van der Waals surface area contributed by atoms with Crippen LogP contribution in [0.25, 0.3) is 0 Å². The average molecular weight is 287 g/mol. The summed E-state index contributed by atoms with van der Waals surface area (Å²) in [7, 11) is 2.09. The van der Waals surface area contributed by atoms with E-state index in [-0.39, 0.29) is 0 Å². The lowest BCUT2D eigenvalue weighted by molar-refractivity contribution is 0.214. The van der Waals surface area contributed by atoms with Gasteiger partial charge in [0.05, 0.1) is 13.2 Å². The third-order valence-electron chi connectivity index (χ3n) is 3.81. The van der Waals surface area contributed by atoms with Gasteiger partial charge in [-0.05, 0) is 44.4 Å². The minimum atomic E-state index is 0.586. The van der Waals surface area contributed by atoms with E-state index in [0.717, 1.165) is 31.7 Å². The summed E-state index contributed by atoms with van der Waals surface area (Å²) in [4.78, 5) is 6.50. The summed E-state index contributed by atoms with van der Waals surface area (Å²) < 4.78 is 11.0. The molecule has 0 fully saturated rings. The standard InChI is InChI=1S/C16H21N3O2/c1-12-17-16(21-18-12)11-19(2)10-13-7-8-20-15-6-4-3-5-14(15)9-13/h3-6,13H,7-11H2,1-2H3. The summed E-state index contributed by atoms with van der Waals surface area (Å²) in [5, 5.41) is 3.83. The van der Waals surface area contributed by atoms with Crippen LogP contribution >= 0.6 is 0 Å². The monoisotopic (exact) mass is 287 g/mol. The number of aryl methyl sites for hydroxylation is 1. The summed E-state index contributed by atoms with van der Waals surface area (Å²) in [6.07, 6.45) is 2.13. The third kappa shape index (κ3) is 3.61. The molecule has 21 heavy (non-hydrogen) atoms. The van der Waals surface area contributed by atoms with Crippen molar-refractivity contribution >= 4 is 0 Å². The predicted octanol–water partition coefficient (Wildman–Crippen LogP) is 2.45. The van der Waals surface area contributed by atoms with Crippen molar-refractivity contribution in [1.82, 2.24) is 15.0 Å². The zero-order valence-electron chi connectivity index (χ0n) is 12.6. The lowest BCUT2D eigenvalue weighted by Gasteiger charge is -2.21. The van der Waals surface area contributed by atoms with Crippen LogP contribution in [0, 0.1) is 12.8 Å². The Balaban J connectivity index is 1.60. The predicted molar refractivity (Wildman–Crippen MR) is 79.1 cm³/mol. The minimum absolute atomic E-state index is 0.586. The molecule has 1 aliphatic heterocycles. The fourth-order valence-electron chi connectivity index (χ4n) is 2.86. The number of rotatable bonds is 4. The quantitative estimate of drug-likeness (QED) is 0.864. The number of hydrogen-bond donors (Lipinski definition) is 0. The maximum absolute atomic E-state index is 5.82. The second-order valence-corrected chi connectivity index (χ2v) is 5.75. The van der Waals surface area contributed by atoms with E-state index in [1.165, 1.54) is 5.56 Å². The molecule has 2 heterocycles. The van der Waals surface area contributed by atoms with Crippen LogP contribution in [-0.2, 0) is 13.0 Å². The molecule has 5 heteroatoms. The first-order valence-electron chi connectivity index (χ1n) is 7.39. The summed E-state index contributed by atoms with van der Waals surface area (Å²) in [6.45, 7) is 4.32. The van der Waals surface area contributed by atoms with Crippen LogP contribution in [0.3, 0.4) is 0 Å². The molecule has 0 spiro atoms. The molecule has 112 valence electrons. The molecule has 0 bridgehead atoms. The largest absolute Gasteiger partial charge is 0.493 e. The van der Waals surface area contributed by atoms with Gasteiger partial charge in [0.15, 0.2) is 5.82 Å². The first kappa shape index (κ1) is 14.1. The molecule has 1 atom stereocenters. The Kier molecular flexibility index (Phi) is 4.20. The van der Waals surface area contributed by atoms with Gasteiger partial charge < -0.3 is 9.26 Å². The van der Waals surface area contributed by atoms with Crippen LogP contribution < -0.4 is 4.74 Å². The van der Waals surface area contributed by atoms with Crippen LogP contribution in [0.1, 0.15) is 23.7 Å². The molecule has 1 aromatic carbocycles. The normalized spacial score (nSPS) is 18.1. The maximum Gasteiger partial charge on any atom is 0.240 e. The minimum Gasteiger partial charge on any atom is -0.493 e. The van der Waals surface area contributed by atoms with Crippen molar-refractivity contribution < 1.29 is 9.26 Å². The topological polar surface area (TPSA) is 51.4 Å². The summed E-state index contributed by atoms with van der Waals surface area (Å²) in [5.41, 5.74) is 1.31. The van der Waals surface area contributed by atoms with Crippen molar-refractivity contribution in [3.05, 3.63) is 41.5 Å². The van der Waals surface area contributed by atoms with Crippen LogP contribution in [0.5, 0.6) is 5.75 Å². The van der Waals surface area contributed by atoms with E-state index in [4.69, 9.17) is 9.26 Å². The highest BCUT2D eigenvalue weighted by molar-refractivity contribution is 5.34. The average Bonchev–Trinajstić information content (AvgIpc) is 2.74. The number of fused-ring (bicyclic) bond motifs is 1. The van der Waals surface area contributed by atoms with Crippen molar-refractivity contribution in [3.8, 4) is 5.75 Å². The molecule has 1 unspecified atom stereocenters. The maximum atomic E-state index is 5.82. The van der Waals surface area contributed by atoms with E-state index in [0.29, 0.717) is 24.2 Å². The lowest BCUT2D eigenvalue weighted by atomic mass is 9.96. The third-order valence-corrected chi connectivity index (χ3v) is 3.81. The molecule has 0 radical (unpaired) electrons. The number of nitrogens with zero attached hydrogens (tertiary/aromatic N) is 3. The molecular weight excluding hydrogens is 266 g/mol. The van der Waals surface area contributed by atoms with E-state index in [9.17, 15) is 0 Å². The first-order valence-corrected chi connectivity index (χ1v) is 7.39. The van der Waals surface area contributed by atoms with E-state index in [2.05, 4.69) is 40.3 Å². The molecule has 0 saturated heterocycles. The molecule has 0 amide bonds. The van der Waals surface area contributed by atoms with Gasteiger partial charge in [0.2, 0.25) is 5.89 Å². The van der Waals surface area contributed by atoms with Crippen LogP contribution in [0.2, 0.25) is 0 Å². The van der Waals surface area contributed by atoms with Crippen molar-refractivity contribution in [1.29, 1.82) is 0 Å². The Morgan fingerprint density at radius 2 is 2.19 bits per heavy atom. The highest BCUT2D eigenvalue weighted by Gasteiger charge is 2.19. The van der Waals surface area contributed by atoms with E-state index >= 15 is 0 Å². The fraction of sp³-hybridized carbons (Fsp3) is 0.500. The molecule has 0 aliphatic carbocycles. The van der Waals surface area contributed by atoms with Crippen LogP contribution in [-0.4, -0.2) is 35.2 Å². The van der Waals surface area contributed by atoms with Crippen LogP contribution in [0.4, 0.5) is 0 Å². The van der Waals surface area contributed by atoms with Gasteiger partial charge in [0, 0.05) is 6.54 Å². The summed E-state index contributed by atoms with van der Waals surface area (Å²) in [5.74, 6) is 2.99. The second kappa shape index (κ2) is 6.26. The van der Waals surface area contributed by atoms with Gasteiger partial charge in [0.1, 0.15) is 5.75 Å². The number of hydrogen-bond acceptors (Lipinski definition) is 5. The molecule has 0 saturated carbocycles. The van der Waals surface area contributed by atoms with Gasteiger partial charge in [-0.1, -0.05) is 23.4 Å². The van der Waals surface area contributed by atoms with Gasteiger partial charge in [-0.25, -0.2) is 0 Å². The van der Waals surface area contributed by atoms with Crippen molar-refractivity contribution in [3.63, 3.8) is 0 Å². The van der Waals surface area contributed by atoms with Gasteiger partial charge >= 0.3 is 0 Å². The fourth-order valence-corrected chi connectivity index (χ4v) is 2.86. The number of para-hydroxylation sites is 1. The summed E-state index contributed by atoms with van der Waals surface area (Å²) >= 11 is 0. The number of aromatic nitrogens is 2. The molecule has 0 N–H and O–H groups in total. The second-order valence-electron chi connectivity index (χ2n) is 5.75. The number of ether oxygens (including phenoxy) is 1. The molecular formula is C16H21N3O2. The van der Waals surface area contributed by atoms with Gasteiger partial charge in [0.25, 0.3) is 0 Å². The molecule has 5 nitrogen and oxygen atoms in total. The Bertz CT molecular complexity index is 597. The Morgan fingerprint density at radius 3 is 3.00 bits per heavy atom. The Hall–Kier alpha value is -1.88. The molecule has 1 aliphatic rings. The zero-order chi connectivity index (χ0) is 14.7. The Morgan fingerprint density at radius 1 is 1.33 bits per heavy atom. The highest BCUT2D eigenvalue weighted by atomic mass is 16.5. The van der Waals surface area contributed by atoms with Crippen molar-refractivity contribution in [2.24, 2.45) is 5.92 Å². The van der Waals surface area contributed by atoms with E-state index in [1.54, 1.807) is 0 Å². The van der Waals surface area contributed by atoms with Crippen LogP contribution in [0.15, 0.2) is 28.8 Å². The van der Waals surface area contributed by atoms with Gasteiger partial charge in [-0.3, -0.25) is 4.90 Å². The van der Waals surface area contributed by atoms with Crippen molar-refractivity contribution in [2.75, 3.05) is 20.2 Å². The SMILES string of the molecule is Cc1noc(CN(C)CC2CCOc3ccccc3C2)n1. The lowest BCUT2D eigenvalue weighted by Crippen LogP contribution is -2.27.